The molecule has 5 aromatic rings. The van der Waals surface area contributed by atoms with Gasteiger partial charge in [0, 0.05) is 34.1 Å². The minimum atomic E-state index is 0.280. The van der Waals surface area contributed by atoms with Crippen molar-refractivity contribution in [1.82, 2.24) is 19.5 Å². The van der Waals surface area contributed by atoms with Gasteiger partial charge in [-0.25, -0.2) is 15.0 Å². The number of nitrogens with one attached hydrogen (secondary N) is 1. The topological polar surface area (TPSA) is 75.9 Å². The molecule has 0 radical (unpaired) electrons. The Morgan fingerprint density at radius 2 is 1.88 bits per heavy atom. The zero-order valence-electron chi connectivity index (χ0n) is 18.1. The Balaban J connectivity index is 1.53. The number of phenols is 1. The normalized spacial score (nSPS) is 11.6. The van der Waals surface area contributed by atoms with E-state index < -0.39 is 0 Å². The van der Waals surface area contributed by atoms with Crippen LogP contribution >= 0.6 is 11.3 Å². The first-order valence-corrected chi connectivity index (χ1v) is 11.7. The monoisotopic (exact) mass is 443 g/mol. The second-order valence-electron chi connectivity index (χ2n) is 8.35. The number of rotatable bonds is 7. The van der Waals surface area contributed by atoms with Crippen LogP contribution in [0.5, 0.6) is 5.75 Å². The molecular weight excluding hydrogens is 418 g/mol. The van der Waals surface area contributed by atoms with E-state index in [2.05, 4.69) is 58.4 Å². The lowest BCUT2D eigenvalue weighted by Crippen LogP contribution is -2.09. The van der Waals surface area contributed by atoms with Crippen LogP contribution in [0.25, 0.3) is 32.6 Å². The highest BCUT2D eigenvalue weighted by atomic mass is 32.1. The van der Waals surface area contributed by atoms with Crippen LogP contribution in [0.4, 0.5) is 5.82 Å². The van der Waals surface area contributed by atoms with Gasteiger partial charge in [-0.3, -0.25) is 0 Å². The Kier molecular flexibility index (Phi) is 5.49. The summed E-state index contributed by atoms with van der Waals surface area (Å²) in [5.74, 6) is 2.23. The SMILES string of the molecule is CC(C)Cn1cnc2c(NCCc3ccc(O)cc3)nc(-c3csc4ccccc34)nc21. The number of anilines is 1. The van der Waals surface area contributed by atoms with Gasteiger partial charge in [0.25, 0.3) is 0 Å². The van der Waals surface area contributed by atoms with Gasteiger partial charge in [0.15, 0.2) is 17.3 Å². The lowest BCUT2D eigenvalue weighted by molar-refractivity contribution is 0.475. The highest BCUT2D eigenvalue weighted by Crippen LogP contribution is 2.34. The molecule has 2 N–H and O–H groups in total. The maximum absolute atomic E-state index is 9.50. The maximum Gasteiger partial charge on any atom is 0.166 e. The van der Waals surface area contributed by atoms with E-state index in [0.29, 0.717) is 18.3 Å². The zero-order chi connectivity index (χ0) is 22.1. The standard InChI is InChI=1S/C25H25N5OS/c1-16(2)13-30-15-27-22-24(26-12-11-17-7-9-18(31)10-8-17)28-23(29-25(22)30)20-14-32-21-6-4-3-5-19(20)21/h3-10,14-16,31H,11-13H2,1-2H3,(H,26,28,29). The average Bonchev–Trinajstić information content (AvgIpc) is 3.39. The lowest BCUT2D eigenvalue weighted by atomic mass is 10.1. The van der Waals surface area contributed by atoms with Crippen molar-refractivity contribution >= 4 is 38.4 Å². The summed E-state index contributed by atoms with van der Waals surface area (Å²) in [4.78, 5) is 14.5. The van der Waals surface area contributed by atoms with Crippen molar-refractivity contribution in [2.45, 2.75) is 26.8 Å². The van der Waals surface area contributed by atoms with Crippen LogP contribution in [0.2, 0.25) is 0 Å². The third-order valence-corrected chi connectivity index (χ3v) is 6.35. The van der Waals surface area contributed by atoms with Crippen LogP contribution in [-0.4, -0.2) is 31.2 Å². The van der Waals surface area contributed by atoms with E-state index in [1.54, 1.807) is 23.5 Å². The summed E-state index contributed by atoms with van der Waals surface area (Å²) >= 11 is 1.71. The molecule has 6 nitrogen and oxygen atoms in total. The molecule has 162 valence electrons. The number of imidazole rings is 1. The summed E-state index contributed by atoms with van der Waals surface area (Å²) in [5, 5.41) is 16.3. The summed E-state index contributed by atoms with van der Waals surface area (Å²) in [6, 6.07) is 15.7. The third kappa shape index (κ3) is 4.03. The molecule has 32 heavy (non-hydrogen) atoms. The molecule has 5 rings (SSSR count). The molecule has 0 atom stereocenters. The maximum atomic E-state index is 9.50. The number of aromatic hydroxyl groups is 1. The van der Waals surface area contributed by atoms with E-state index in [0.717, 1.165) is 41.1 Å². The van der Waals surface area contributed by atoms with E-state index >= 15 is 0 Å². The second-order valence-corrected chi connectivity index (χ2v) is 9.26. The summed E-state index contributed by atoms with van der Waals surface area (Å²) < 4.78 is 3.34. The van der Waals surface area contributed by atoms with Crippen molar-refractivity contribution < 1.29 is 5.11 Å². The minimum absolute atomic E-state index is 0.280. The van der Waals surface area contributed by atoms with Gasteiger partial charge in [-0.1, -0.05) is 44.2 Å². The first-order valence-electron chi connectivity index (χ1n) is 10.8. The molecule has 0 saturated carbocycles. The molecule has 7 heteroatoms. The van der Waals surface area contributed by atoms with Crippen molar-refractivity contribution in [1.29, 1.82) is 0 Å². The van der Waals surface area contributed by atoms with Gasteiger partial charge in [-0.2, -0.15) is 0 Å². The van der Waals surface area contributed by atoms with E-state index in [4.69, 9.17) is 9.97 Å². The lowest BCUT2D eigenvalue weighted by Gasteiger charge is -2.11. The number of phenolic OH excluding ortho intramolecular Hbond substituents is 1. The Morgan fingerprint density at radius 1 is 1.06 bits per heavy atom. The van der Waals surface area contributed by atoms with Crippen LogP contribution in [0.15, 0.2) is 60.2 Å². The molecule has 0 amide bonds. The molecule has 0 bridgehead atoms. The number of aromatic nitrogens is 4. The minimum Gasteiger partial charge on any atom is -0.508 e. The summed E-state index contributed by atoms with van der Waals surface area (Å²) in [7, 11) is 0. The molecular formula is C25H25N5OS. The van der Waals surface area contributed by atoms with Gasteiger partial charge in [-0.15, -0.1) is 11.3 Å². The highest BCUT2D eigenvalue weighted by Gasteiger charge is 2.17. The molecule has 0 fully saturated rings. The van der Waals surface area contributed by atoms with Crippen molar-refractivity contribution in [2.75, 3.05) is 11.9 Å². The molecule has 0 spiro atoms. The predicted octanol–water partition coefficient (Wildman–Crippen LogP) is 5.72. The van der Waals surface area contributed by atoms with Gasteiger partial charge < -0.3 is 15.0 Å². The number of nitrogens with zero attached hydrogens (tertiary/aromatic N) is 4. The van der Waals surface area contributed by atoms with Crippen LogP contribution in [0.1, 0.15) is 19.4 Å². The molecule has 0 aliphatic heterocycles. The number of benzene rings is 2. The van der Waals surface area contributed by atoms with E-state index in [9.17, 15) is 5.11 Å². The van der Waals surface area contributed by atoms with Crippen LogP contribution in [-0.2, 0) is 13.0 Å². The number of thiophene rings is 1. The molecule has 0 unspecified atom stereocenters. The Hall–Kier alpha value is -3.45. The van der Waals surface area contributed by atoms with Gasteiger partial charge in [0.2, 0.25) is 0 Å². The van der Waals surface area contributed by atoms with Crippen LogP contribution in [0.3, 0.4) is 0 Å². The van der Waals surface area contributed by atoms with Crippen LogP contribution < -0.4 is 5.32 Å². The van der Waals surface area contributed by atoms with Gasteiger partial charge >= 0.3 is 0 Å². The molecule has 2 aromatic carbocycles. The Labute approximate surface area is 190 Å². The van der Waals surface area contributed by atoms with Gasteiger partial charge in [-0.05, 0) is 36.1 Å². The van der Waals surface area contributed by atoms with E-state index in [-0.39, 0.29) is 5.75 Å². The molecule has 0 aliphatic carbocycles. The summed E-state index contributed by atoms with van der Waals surface area (Å²) in [6.45, 7) is 5.94. The Bertz CT molecular complexity index is 1370. The first kappa shape index (κ1) is 20.5. The van der Waals surface area contributed by atoms with Crippen molar-refractivity contribution in [3.05, 3.63) is 65.8 Å². The molecule has 3 heterocycles. The second kappa shape index (κ2) is 8.59. The van der Waals surface area contributed by atoms with Gasteiger partial charge in [0.05, 0.1) is 6.33 Å². The highest BCUT2D eigenvalue weighted by molar-refractivity contribution is 7.17. The van der Waals surface area contributed by atoms with Crippen molar-refractivity contribution in [2.24, 2.45) is 5.92 Å². The average molecular weight is 444 g/mol. The smallest absolute Gasteiger partial charge is 0.166 e. The molecule has 0 aliphatic rings. The van der Waals surface area contributed by atoms with E-state index in [1.165, 1.54) is 10.1 Å². The summed E-state index contributed by atoms with van der Waals surface area (Å²) in [5.41, 5.74) is 3.84. The quantitative estimate of drug-likeness (QED) is 0.336. The summed E-state index contributed by atoms with van der Waals surface area (Å²) in [6.07, 6.45) is 2.68. The fraction of sp³-hybridized carbons (Fsp3) is 0.240. The predicted molar refractivity (Wildman–Crippen MR) is 131 cm³/mol. The first-order chi connectivity index (χ1) is 15.6. The van der Waals surface area contributed by atoms with E-state index in [1.807, 2.05) is 18.5 Å². The van der Waals surface area contributed by atoms with Crippen molar-refractivity contribution in [3.63, 3.8) is 0 Å². The zero-order valence-corrected chi connectivity index (χ0v) is 18.9. The van der Waals surface area contributed by atoms with Gasteiger partial charge in [0.1, 0.15) is 11.3 Å². The molecule has 0 saturated heterocycles. The molecule has 3 aromatic heterocycles. The van der Waals surface area contributed by atoms with Crippen molar-refractivity contribution in [3.8, 4) is 17.1 Å². The fourth-order valence-electron chi connectivity index (χ4n) is 3.85. The fourth-order valence-corrected chi connectivity index (χ4v) is 4.79. The largest absolute Gasteiger partial charge is 0.508 e. The number of hydrogen-bond donors (Lipinski definition) is 2. The number of hydrogen-bond acceptors (Lipinski definition) is 6. The Morgan fingerprint density at radius 3 is 2.69 bits per heavy atom. The van der Waals surface area contributed by atoms with Crippen LogP contribution in [0, 0.1) is 5.92 Å². The number of fused-ring (bicyclic) bond motifs is 2. The third-order valence-electron chi connectivity index (χ3n) is 5.39.